The molecular formula is C27H27F3N6O3S. The van der Waals surface area contributed by atoms with Gasteiger partial charge in [0.1, 0.15) is 0 Å². The standard InChI is InChI=1S/C27H27F3N6O3S/c1-34-17-25(23-15-19(9-10-32-23)18-3-5-20(6-4-18)33-40(2,38)39)36(26(34)37)21-7-8-24(22(16-21)27(28,29)30)35-13-11-31-12-14-35/h3-10,15-17,31,33H,11-14H2,1-2H3. The number of imidazole rings is 1. The van der Waals surface area contributed by atoms with Gasteiger partial charge in [0.05, 0.1) is 28.9 Å². The number of nitrogens with zero attached hydrogens (tertiary/aromatic N) is 4. The van der Waals surface area contributed by atoms with E-state index in [1.165, 1.54) is 34.5 Å². The molecule has 0 amide bonds. The summed E-state index contributed by atoms with van der Waals surface area (Å²) < 4.78 is 70.5. The van der Waals surface area contributed by atoms with Gasteiger partial charge in [-0.05, 0) is 53.6 Å². The molecule has 2 aromatic carbocycles. The molecule has 0 unspecified atom stereocenters. The first kappa shape index (κ1) is 27.5. The smallest absolute Gasteiger partial charge is 0.368 e. The van der Waals surface area contributed by atoms with Gasteiger partial charge in [-0.3, -0.25) is 14.3 Å². The second-order valence-corrected chi connectivity index (χ2v) is 11.3. The van der Waals surface area contributed by atoms with E-state index in [4.69, 9.17) is 0 Å². The fourth-order valence-corrected chi connectivity index (χ4v) is 5.32. The zero-order chi connectivity index (χ0) is 28.7. The maximum absolute atomic E-state index is 14.2. The third-order valence-electron chi connectivity index (χ3n) is 6.60. The molecule has 0 spiro atoms. The molecule has 0 bridgehead atoms. The van der Waals surface area contributed by atoms with Gasteiger partial charge < -0.3 is 14.8 Å². The molecule has 0 saturated carbocycles. The van der Waals surface area contributed by atoms with Crippen LogP contribution in [0.3, 0.4) is 0 Å². The van der Waals surface area contributed by atoms with Crippen molar-refractivity contribution in [1.82, 2.24) is 19.4 Å². The van der Waals surface area contributed by atoms with Crippen LogP contribution in [0.25, 0.3) is 28.2 Å². The van der Waals surface area contributed by atoms with Gasteiger partial charge >= 0.3 is 11.9 Å². The van der Waals surface area contributed by atoms with Crippen molar-refractivity contribution in [2.45, 2.75) is 6.18 Å². The molecule has 13 heteroatoms. The SMILES string of the molecule is Cn1cc(-c2cc(-c3ccc(NS(C)(=O)=O)cc3)ccn2)n(-c2ccc(N3CCNCC3)c(C(F)(F)F)c2)c1=O. The Kier molecular flexibility index (Phi) is 7.19. The van der Waals surface area contributed by atoms with Crippen LogP contribution in [0.2, 0.25) is 0 Å². The van der Waals surface area contributed by atoms with Gasteiger partial charge in [-0.2, -0.15) is 13.2 Å². The van der Waals surface area contributed by atoms with E-state index >= 15 is 0 Å². The number of rotatable bonds is 6. The summed E-state index contributed by atoms with van der Waals surface area (Å²) in [5.41, 5.74) is 1.44. The van der Waals surface area contributed by atoms with Gasteiger partial charge in [0.15, 0.2) is 0 Å². The third kappa shape index (κ3) is 5.75. The van der Waals surface area contributed by atoms with E-state index in [0.29, 0.717) is 43.3 Å². The molecule has 2 aromatic heterocycles. The number of benzene rings is 2. The third-order valence-corrected chi connectivity index (χ3v) is 7.20. The van der Waals surface area contributed by atoms with Crippen LogP contribution < -0.4 is 20.6 Å². The zero-order valence-corrected chi connectivity index (χ0v) is 22.6. The number of halogens is 3. The molecule has 5 rings (SSSR count). The summed E-state index contributed by atoms with van der Waals surface area (Å²) in [6.45, 7) is 2.06. The first-order valence-electron chi connectivity index (χ1n) is 12.4. The van der Waals surface area contributed by atoms with Crippen LogP contribution in [-0.2, 0) is 23.2 Å². The summed E-state index contributed by atoms with van der Waals surface area (Å²) in [6, 6.07) is 14.1. The van der Waals surface area contributed by atoms with Crippen molar-refractivity contribution in [3.05, 3.63) is 83.0 Å². The number of piperazine rings is 1. The highest BCUT2D eigenvalue weighted by atomic mass is 32.2. The number of pyridine rings is 1. The van der Waals surface area contributed by atoms with Gasteiger partial charge in [-0.1, -0.05) is 12.1 Å². The summed E-state index contributed by atoms with van der Waals surface area (Å²) in [4.78, 5) is 19.3. The minimum absolute atomic E-state index is 0.0789. The molecule has 9 nitrogen and oxygen atoms in total. The van der Waals surface area contributed by atoms with Crippen molar-refractivity contribution in [2.24, 2.45) is 7.05 Å². The second kappa shape index (κ2) is 10.5. The van der Waals surface area contributed by atoms with Crippen LogP contribution >= 0.6 is 0 Å². The lowest BCUT2D eigenvalue weighted by molar-refractivity contribution is -0.137. The van der Waals surface area contributed by atoms with Crippen LogP contribution in [-0.4, -0.2) is 55.0 Å². The van der Waals surface area contributed by atoms with Crippen molar-refractivity contribution in [3.8, 4) is 28.2 Å². The highest BCUT2D eigenvalue weighted by molar-refractivity contribution is 7.92. The Bertz CT molecular complexity index is 1710. The Labute approximate surface area is 228 Å². The lowest BCUT2D eigenvalue weighted by Gasteiger charge is -2.31. The molecule has 4 aromatic rings. The first-order valence-corrected chi connectivity index (χ1v) is 14.3. The molecular weight excluding hydrogens is 545 g/mol. The molecule has 1 aliphatic heterocycles. The van der Waals surface area contributed by atoms with Crippen LogP contribution in [0.1, 0.15) is 5.56 Å². The molecule has 210 valence electrons. The van der Waals surface area contributed by atoms with E-state index in [0.717, 1.165) is 23.4 Å². The number of aryl methyl sites for hydroxylation is 1. The average Bonchev–Trinajstić information content (AvgIpc) is 3.22. The Hall–Kier alpha value is -4.10. The molecule has 40 heavy (non-hydrogen) atoms. The predicted molar refractivity (Wildman–Crippen MR) is 148 cm³/mol. The second-order valence-electron chi connectivity index (χ2n) is 9.56. The van der Waals surface area contributed by atoms with Crippen molar-refractivity contribution in [1.29, 1.82) is 0 Å². The van der Waals surface area contributed by atoms with Crippen molar-refractivity contribution >= 4 is 21.4 Å². The van der Waals surface area contributed by atoms with Crippen molar-refractivity contribution in [3.63, 3.8) is 0 Å². The van der Waals surface area contributed by atoms with E-state index < -0.39 is 27.5 Å². The summed E-state index contributed by atoms with van der Waals surface area (Å²) >= 11 is 0. The molecule has 3 heterocycles. The number of anilines is 2. The summed E-state index contributed by atoms with van der Waals surface area (Å²) in [6.07, 6.45) is -0.480. The van der Waals surface area contributed by atoms with Gasteiger partial charge in [-0.25, -0.2) is 13.2 Å². The molecule has 1 saturated heterocycles. The van der Waals surface area contributed by atoms with E-state index in [1.54, 1.807) is 47.5 Å². The topological polar surface area (TPSA) is 101 Å². The first-order chi connectivity index (χ1) is 18.9. The van der Waals surface area contributed by atoms with E-state index in [9.17, 15) is 26.4 Å². The van der Waals surface area contributed by atoms with Crippen LogP contribution in [0.5, 0.6) is 0 Å². The summed E-state index contributed by atoms with van der Waals surface area (Å²) in [7, 11) is -1.90. The van der Waals surface area contributed by atoms with E-state index in [-0.39, 0.29) is 11.4 Å². The lowest BCUT2D eigenvalue weighted by atomic mass is 10.0. The largest absolute Gasteiger partial charge is 0.418 e. The van der Waals surface area contributed by atoms with E-state index in [2.05, 4.69) is 15.0 Å². The normalized spacial score (nSPS) is 14.4. The number of hydrogen-bond acceptors (Lipinski definition) is 6. The number of sulfonamides is 1. The highest BCUT2D eigenvalue weighted by Gasteiger charge is 2.36. The molecule has 1 fully saturated rings. The van der Waals surface area contributed by atoms with Gasteiger partial charge in [0.2, 0.25) is 10.0 Å². The fraction of sp³-hybridized carbons (Fsp3) is 0.259. The summed E-state index contributed by atoms with van der Waals surface area (Å²) in [5.74, 6) is 0. The number of alkyl halides is 3. The average molecular weight is 573 g/mol. The summed E-state index contributed by atoms with van der Waals surface area (Å²) in [5, 5.41) is 3.14. The molecule has 0 aliphatic carbocycles. The Balaban J connectivity index is 1.56. The van der Waals surface area contributed by atoms with Gasteiger partial charge in [0.25, 0.3) is 0 Å². The highest BCUT2D eigenvalue weighted by Crippen LogP contribution is 2.38. The Morgan fingerprint density at radius 2 is 1.68 bits per heavy atom. The zero-order valence-electron chi connectivity index (χ0n) is 21.7. The molecule has 1 aliphatic rings. The van der Waals surface area contributed by atoms with Crippen LogP contribution in [0, 0.1) is 0 Å². The minimum atomic E-state index is -4.62. The molecule has 0 radical (unpaired) electrons. The minimum Gasteiger partial charge on any atom is -0.368 e. The lowest BCUT2D eigenvalue weighted by Crippen LogP contribution is -2.44. The molecule has 2 N–H and O–H groups in total. The van der Waals surface area contributed by atoms with Crippen LogP contribution in [0.4, 0.5) is 24.5 Å². The van der Waals surface area contributed by atoms with Gasteiger partial charge in [0, 0.05) is 57.0 Å². The predicted octanol–water partition coefficient (Wildman–Crippen LogP) is 3.70. The Morgan fingerprint density at radius 1 is 0.975 bits per heavy atom. The number of hydrogen-bond donors (Lipinski definition) is 2. The quantitative estimate of drug-likeness (QED) is 0.366. The maximum Gasteiger partial charge on any atom is 0.418 e. The maximum atomic E-state index is 14.2. The number of aromatic nitrogens is 3. The van der Waals surface area contributed by atoms with E-state index in [1.807, 2.05) is 0 Å². The van der Waals surface area contributed by atoms with Crippen molar-refractivity contribution in [2.75, 3.05) is 42.1 Å². The fourth-order valence-electron chi connectivity index (χ4n) is 4.75. The molecule has 0 atom stereocenters. The van der Waals surface area contributed by atoms with Gasteiger partial charge in [-0.15, -0.1) is 0 Å². The van der Waals surface area contributed by atoms with Crippen molar-refractivity contribution < 1.29 is 21.6 Å². The Morgan fingerprint density at radius 3 is 2.33 bits per heavy atom. The van der Waals surface area contributed by atoms with Crippen LogP contribution in [0.15, 0.2) is 71.8 Å². The monoisotopic (exact) mass is 572 g/mol. The number of nitrogens with one attached hydrogen (secondary N) is 2.